The molecule has 100 valence electrons. The summed E-state index contributed by atoms with van der Waals surface area (Å²) in [4.78, 5) is 0. The summed E-state index contributed by atoms with van der Waals surface area (Å²) >= 11 is 15.5. The average Bonchev–Trinajstić information content (AvgIpc) is 2.41. The fraction of sp³-hybridized carbons (Fsp3) is 0.200. The second-order valence-corrected chi connectivity index (χ2v) is 6.08. The Balaban J connectivity index is 2.19. The molecular formula is C15H14BrCl2N. The number of hydrogen-bond acceptors (Lipinski definition) is 1. The maximum atomic E-state index is 6.07. The van der Waals surface area contributed by atoms with E-state index in [9.17, 15) is 0 Å². The third-order valence-electron chi connectivity index (χ3n) is 3.05. The first-order chi connectivity index (χ1) is 9.10. The van der Waals surface area contributed by atoms with Gasteiger partial charge in [-0.3, -0.25) is 0 Å². The Hall–Kier alpha value is -0.540. The SMILES string of the molecule is CNC(Cc1ccc(Br)cc1)c1ccc(Cl)c(Cl)c1. The Morgan fingerprint density at radius 1 is 1.05 bits per heavy atom. The molecule has 0 fully saturated rings. The molecule has 2 aromatic rings. The zero-order valence-electron chi connectivity index (χ0n) is 10.5. The highest BCUT2D eigenvalue weighted by molar-refractivity contribution is 9.10. The molecule has 0 radical (unpaired) electrons. The van der Waals surface area contributed by atoms with Gasteiger partial charge in [-0.25, -0.2) is 0 Å². The van der Waals surface area contributed by atoms with Crippen LogP contribution in [0, 0.1) is 0 Å². The van der Waals surface area contributed by atoms with E-state index in [0.717, 1.165) is 16.5 Å². The van der Waals surface area contributed by atoms with Crippen molar-refractivity contribution in [3.05, 3.63) is 68.1 Å². The summed E-state index contributed by atoms with van der Waals surface area (Å²) in [5.74, 6) is 0. The molecule has 19 heavy (non-hydrogen) atoms. The van der Waals surface area contributed by atoms with Crippen molar-refractivity contribution in [1.29, 1.82) is 0 Å². The van der Waals surface area contributed by atoms with Crippen LogP contribution >= 0.6 is 39.1 Å². The van der Waals surface area contributed by atoms with Crippen LogP contribution in [0.25, 0.3) is 0 Å². The Morgan fingerprint density at radius 3 is 2.32 bits per heavy atom. The van der Waals surface area contributed by atoms with E-state index < -0.39 is 0 Å². The highest BCUT2D eigenvalue weighted by atomic mass is 79.9. The van der Waals surface area contributed by atoms with Gasteiger partial charge in [0.05, 0.1) is 10.0 Å². The highest BCUT2D eigenvalue weighted by Gasteiger charge is 2.11. The highest BCUT2D eigenvalue weighted by Crippen LogP contribution is 2.27. The van der Waals surface area contributed by atoms with Crippen LogP contribution in [0.4, 0.5) is 0 Å². The smallest absolute Gasteiger partial charge is 0.0595 e. The normalized spacial score (nSPS) is 12.4. The van der Waals surface area contributed by atoms with Crippen molar-refractivity contribution >= 4 is 39.1 Å². The van der Waals surface area contributed by atoms with Gasteiger partial charge in [0.1, 0.15) is 0 Å². The van der Waals surface area contributed by atoms with Gasteiger partial charge in [-0.05, 0) is 48.9 Å². The molecule has 1 nitrogen and oxygen atoms in total. The molecule has 0 amide bonds. The lowest BCUT2D eigenvalue weighted by molar-refractivity contribution is 0.592. The molecule has 0 spiro atoms. The van der Waals surface area contributed by atoms with Gasteiger partial charge < -0.3 is 5.32 Å². The lowest BCUT2D eigenvalue weighted by Gasteiger charge is -2.17. The minimum Gasteiger partial charge on any atom is -0.313 e. The van der Waals surface area contributed by atoms with Crippen molar-refractivity contribution in [2.45, 2.75) is 12.5 Å². The first-order valence-corrected chi connectivity index (χ1v) is 7.51. The van der Waals surface area contributed by atoms with Crippen molar-refractivity contribution in [2.75, 3.05) is 7.05 Å². The number of hydrogen-bond donors (Lipinski definition) is 1. The topological polar surface area (TPSA) is 12.0 Å². The van der Waals surface area contributed by atoms with Gasteiger partial charge in [0.15, 0.2) is 0 Å². The summed E-state index contributed by atoms with van der Waals surface area (Å²) < 4.78 is 1.09. The number of rotatable bonds is 4. The van der Waals surface area contributed by atoms with E-state index in [0.29, 0.717) is 10.0 Å². The van der Waals surface area contributed by atoms with E-state index in [1.54, 1.807) is 0 Å². The molecule has 0 aliphatic heterocycles. The molecule has 0 aliphatic carbocycles. The number of likely N-dealkylation sites (N-methyl/N-ethyl adjacent to an activating group) is 1. The molecule has 1 unspecified atom stereocenters. The first-order valence-electron chi connectivity index (χ1n) is 5.97. The Morgan fingerprint density at radius 2 is 1.74 bits per heavy atom. The fourth-order valence-corrected chi connectivity index (χ4v) is 2.54. The maximum Gasteiger partial charge on any atom is 0.0595 e. The van der Waals surface area contributed by atoms with Gasteiger partial charge in [0.25, 0.3) is 0 Å². The maximum absolute atomic E-state index is 6.07. The molecule has 0 bridgehead atoms. The summed E-state index contributed by atoms with van der Waals surface area (Å²) in [5, 5.41) is 4.49. The van der Waals surface area contributed by atoms with Crippen molar-refractivity contribution in [1.82, 2.24) is 5.32 Å². The lowest BCUT2D eigenvalue weighted by Crippen LogP contribution is -2.18. The minimum atomic E-state index is 0.218. The van der Waals surface area contributed by atoms with Gasteiger partial charge in [0.2, 0.25) is 0 Å². The predicted molar refractivity (Wildman–Crippen MR) is 86.1 cm³/mol. The van der Waals surface area contributed by atoms with Gasteiger partial charge in [-0.1, -0.05) is 57.3 Å². The van der Waals surface area contributed by atoms with Crippen LogP contribution in [-0.4, -0.2) is 7.05 Å². The molecule has 0 aliphatic rings. The Kier molecular flexibility index (Phi) is 5.28. The lowest BCUT2D eigenvalue weighted by atomic mass is 9.99. The summed E-state index contributed by atoms with van der Waals surface area (Å²) in [5.41, 5.74) is 2.41. The van der Waals surface area contributed by atoms with Crippen LogP contribution in [0.3, 0.4) is 0 Å². The van der Waals surface area contributed by atoms with E-state index in [2.05, 4.69) is 45.5 Å². The van der Waals surface area contributed by atoms with Crippen LogP contribution in [0.2, 0.25) is 10.0 Å². The molecular weight excluding hydrogens is 345 g/mol. The largest absolute Gasteiger partial charge is 0.313 e. The van der Waals surface area contributed by atoms with Crippen molar-refractivity contribution in [2.24, 2.45) is 0 Å². The molecule has 1 atom stereocenters. The van der Waals surface area contributed by atoms with E-state index in [4.69, 9.17) is 23.2 Å². The quantitative estimate of drug-likeness (QED) is 0.786. The monoisotopic (exact) mass is 357 g/mol. The van der Waals surface area contributed by atoms with Gasteiger partial charge in [0, 0.05) is 10.5 Å². The summed E-state index contributed by atoms with van der Waals surface area (Å²) in [6, 6.07) is 14.3. The zero-order chi connectivity index (χ0) is 13.8. The van der Waals surface area contributed by atoms with Gasteiger partial charge >= 0.3 is 0 Å². The molecule has 2 aromatic carbocycles. The third kappa shape index (κ3) is 3.96. The van der Waals surface area contributed by atoms with Crippen molar-refractivity contribution in [3.63, 3.8) is 0 Å². The van der Waals surface area contributed by atoms with E-state index >= 15 is 0 Å². The second kappa shape index (κ2) is 6.76. The van der Waals surface area contributed by atoms with Crippen molar-refractivity contribution in [3.8, 4) is 0 Å². The molecule has 2 rings (SSSR count). The zero-order valence-corrected chi connectivity index (χ0v) is 13.6. The van der Waals surface area contributed by atoms with E-state index in [1.807, 2.05) is 25.2 Å². The average molecular weight is 359 g/mol. The molecule has 0 heterocycles. The van der Waals surface area contributed by atoms with E-state index in [1.165, 1.54) is 5.56 Å². The first kappa shape index (κ1) is 14.9. The predicted octanol–water partition coefficient (Wildman–Crippen LogP) is 5.26. The van der Waals surface area contributed by atoms with Crippen molar-refractivity contribution < 1.29 is 0 Å². The number of nitrogens with one attached hydrogen (secondary N) is 1. The number of halogens is 3. The van der Waals surface area contributed by atoms with Gasteiger partial charge in [-0.2, -0.15) is 0 Å². The number of benzene rings is 2. The van der Waals surface area contributed by atoms with Gasteiger partial charge in [-0.15, -0.1) is 0 Å². The molecule has 0 saturated heterocycles. The van der Waals surface area contributed by atoms with Crippen LogP contribution in [0.15, 0.2) is 46.9 Å². The minimum absolute atomic E-state index is 0.218. The fourth-order valence-electron chi connectivity index (χ4n) is 1.97. The summed E-state index contributed by atoms with van der Waals surface area (Å²) in [7, 11) is 1.95. The van der Waals surface area contributed by atoms with Crippen LogP contribution in [-0.2, 0) is 6.42 Å². The molecule has 0 saturated carbocycles. The third-order valence-corrected chi connectivity index (χ3v) is 4.32. The summed E-state index contributed by atoms with van der Waals surface area (Å²) in [6.07, 6.45) is 0.905. The van der Waals surface area contributed by atoms with E-state index in [-0.39, 0.29) is 6.04 Å². The standard InChI is InChI=1S/C15H14BrCl2N/c1-19-15(8-10-2-5-12(16)6-3-10)11-4-7-13(17)14(18)9-11/h2-7,9,15,19H,8H2,1H3. The Bertz CT molecular complexity index is 555. The van der Waals surface area contributed by atoms with Crippen LogP contribution < -0.4 is 5.32 Å². The second-order valence-electron chi connectivity index (χ2n) is 4.35. The summed E-state index contributed by atoms with van der Waals surface area (Å²) in [6.45, 7) is 0. The molecule has 4 heteroatoms. The molecule has 0 aromatic heterocycles. The molecule has 1 N–H and O–H groups in total. The van der Waals surface area contributed by atoms with Crippen LogP contribution in [0.1, 0.15) is 17.2 Å². The Labute approximate surface area is 132 Å². The van der Waals surface area contributed by atoms with Crippen LogP contribution in [0.5, 0.6) is 0 Å².